The number of hydrogen-bond acceptors (Lipinski definition) is 5. The van der Waals surface area contributed by atoms with E-state index >= 15 is 0 Å². The summed E-state index contributed by atoms with van der Waals surface area (Å²) < 4.78 is 5.07. The molecular formula is C15H14ClN3O2. The highest BCUT2D eigenvalue weighted by Crippen LogP contribution is 2.38. The van der Waals surface area contributed by atoms with Gasteiger partial charge in [-0.15, -0.1) is 10.2 Å². The molecule has 0 amide bonds. The predicted molar refractivity (Wildman–Crippen MR) is 78.2 cm³/mol. The minimum absolute atomic E-state index is 0.182. The monoisotopic (exact) mass is 303 g/mol. The molecule has 0 aliphatic heterocycles. The van der Waals surface area contributed by atoms with Gasteiger partial charge in [0.05, 0.1) is 11.6 Å². The summed E-state index contributed by atoms with van der Waals surface area (Å²) in [5, 5.41) is 8.81. The van der Waals surface area contributed by atoms with Gasteiger partial charge >= 0.3 is 5.97 Å². The summed E-state index contributed by atoms with van der Waals surface area (Å²) in [5.41, 5.74) is 1.18. The van der Waals surface area contributed by atoms with Crippen molar-refractivity contribution in [3.05, 3.63) is 40.8 Å². The molecule has 0 radical (unpaired) electrons. The molecule has 1 aliphatic carbocycles. The van der Waals surface area contributed by atoms with Crippen LogP contribution in [-0.4, -0.2) is 27.8 Å². The van der Waals surface area contributed by atoms with Crippen LogP contribution < -0.4 is 0 Å². The summed E-state index contributed by atoms with van der Waals surface area (Å²) in [7, 11) is 0. The van der Waals surface area contributed by atoms with E-state index in [1.54, 1.807) is 19.1 Å². The van der Waals surface area contributed by atoms with Gasteiger partial charge in [0.1, 0.15) is 5.69 Å². The van der Waals surface area contributed by atoms with Gasteiger partial charge in [-0.1, -0.05) is 29.8 Å². The average molecular weight is 304 g/mol. The molecule has 0 atom stereocenters. The Hall–Kier alpha value is -2.01. The molecule has 5 nitrogen and oxygen atoms in total. The number of carbonyl (C=O) groups excluding carboxylic acids is 1. The van der Waals surface area contributed by atoms with Gasteiger partial charge in [-0.3, -0.25) is 0 Å². The Kier molecular flexibility index (Phi) is 3.84. The zero-order chi connectivity index (χ0) is 14.8. The molecule has 1 aromatic heterocycles. The molecule has 0 unspecified atom stereocenters. The molecule has 1 heterocycles. The van der Waals surface area contributed by atoms with Gasteiger partial charge in [0, 0.05) is 11.5 Å². The van der Waals surface area contributed by atoms with Crippen LogP contribution in [0.3, 0.4) is 0 Å². The lowest BCUT2D eigenvalue weighted by atomic mass is 10.1. The van der Waals surface area contributed by atoms with Crippen LogP contribution in [0.1, 0.15) is 42.0 Å². The normalized spacial score (nSPS) is 14.0. The summed E-state index contributed by atoms with van der Waals surface area (Å²) in [6.07, 6.45) is 2.07. The fourth-order valence-electron chi connectivity index (χ4n) is 2.03. The number of carbonyl (C=O) groups is 1. The summed E-state index contributed by atoms with van der Waals surface area (Å²) in [6.45, 7) is 2.03. The predicted octanol–water partition coefficient (Wildman–Crippen LogP) is 3.25. The largest absolute Gasteiger partial charge is 0.461 e. The van der Waals surface area contributed by atoms with Crippen LogP contribution >= 0.6 is 11.6 Å². The van der Waals surface area contributed by atoms with Gasteiger partial charge in [0.15, 0.2) is 11.5 Å². The van der Waals surface area contributed by atoms with Crippen LogP contribution in [0.15, 0.2) is 24.3 Å². The van der Waals surface area contributed by atoms with Crippen molar-refractivity contribution in [2.75, 3.05) is 6.61 Å². The van der Waals surface area contributed by atoms with E-state index in [1.807, 2.05) is 12.1 Å². The summed E-state index contributed by atoms with van der Waals surface area (Å²) in [4.78, 5) is 16.5. The molecule has 108 valence electrons. The van der Waals surface area contributed by atoms with E-state index in [1.165, 1.54) is 0 Å². The number of aromatic nitrogens is 3. The van der Waals surface area contributed by atoms with Crippen LogP contribution in [0, 0.1) is 0 Å². The van der Waals surface area contributed by atoms with Crippen molar-refractivity contribution in [3.8, 4) is 11.3 Å². The Bertz CT molecular complexity index is 686. The Morgan fingerprint density at radius 3 is 2.76 bits per heavy atom. The first-order chi connectivity index (χ1) is 10.2. The number of ether oxygens (including phenoxy) is 1. The number of rotatable bonds is 4. The maximum absolute atomic E-state index is 12.1. The second kappa shape index (κ2) is 5.77. The highest BCUT2D eigenvalue weighted by atomic mass is 35.5. The molecule has 0 bridgehead atoms. The van der Waals surface area contributed by atoms with Crippen LogP contribution in [0.4, 0.5) is 0 Å². The minimum atomic E-state index is -0.496. The smallest absolute Gasteiger partial charge is 0.359 e. The molecule has 21 heavy (non-hydrogen) atoms. The minimum Gasteiger partial charge on any atom is -0.461 e. The standard InChI is InChI=1S/C15H14ClN3O2/c1-2-21-15(20)13-12(10-5-3-4-6-11(10)16)18-19-14(17-13)9-7-8-9/h3-6,9H,2,7-8H2,1H3. The number of hydrogen-bond donors (Lipinski definition) is 0. The zero-order valence-electron chi connectivity index (χ0n) is 11.5. The lowest BCUT2D eigenvalue weighted by Crippen LogP contribution is -2.13. The van der Waals surface area contributed by atoms with Crippen molar-refractivity contribution in [2.24, 2.45) is 0 Å². The van der Waals surface area contributed by atoms with Crippen LogP contribution in [-0.2, 0) is 4.74 Å². The third-order valence-electron chi connectivity index (χ3n) is 3.24. The van der Waals surface area contributed by atoms with Crippen LogP contribution in [0.25, 0.3) is 11.3 Å². The van der Waals surface area contributed by atoms with Crippen LogP contribution in [0.5, 0.6) is 0 Å². The molecule has 1 saturated carbocycles. The fourth-order valence-corrected chi connectivity index (χ4v) is 2.25. The maximum atomic E-state index is 12.1. The van der Waals surface area contributed by atoms with E-state index in [9.17, 15) is 4.79 Å². The second-order valence-corrected chi connectivity index (χ2v) is 5.25. The molecule has 6 heteroatoms. The third-order valence-corrected chi connectivity index (χ3v) is 3.57. The molecule has 3 rings (SSSR count). The summed E-state index contributed by atoms with van der Waals surface area (Å²) in [5.74, 6) is 0.420. The lowest BCUT2D eigenvalue weighted by molar-refractivity contribution is 0.0519. The van der Waals surface area contributed by atoms with Gasteiger partial charge in [-0.2, -0.15) is 0 Å². The first kappa shape index (κ1) is 13.9. The van der Waals surface area contributed by atoms with Gasteiger partial charge in [0.25, 0.3) is 0 Å². The average Bonchev–Trinajstić information content (AvgIpc) is 3.32. The second-order valence-electron chi connectivity index (χ2n) is 4.84. The number of nitrogens with zero attached hydrogens (tertiary/aromatic N) is 3. The van der Waals surface area contributed by atoms with Crippen molar-refractivity contribution in [1.82, 2.24) is 15.2 Å². The topological polar surface area (TPSA) is 65.0 Å². The highest BCUT2D eigenvalue weighted by molar-refractivity contribution is 6.33. The van der Waals surface area contributed by atoms with Gasteiger partial charge < -0.3 is 4.74 Å². The molecule has 0 saturated heterocycles. The Balaban J connectivity index is 2.10. The molecular weight excluding hydrogens is 290 g/mol. The van der Waals surface area contributed by atoms with E-state index in [0.717, 1.165) is 12.8 Å². The SMILES string of the molecule is CCOC(=O)c1nc(C2CC2)nnc1-c1ccccc1Cl. The number of halogens is 1. The van der Waals surface area contributed by atoms with Crippen molar-refractivity contribution < 1.29 is 9.53 Å². The van der Waals surface area contributed by atoms with Crippen molar-refractivity contribution in [2.45, 2.75) is 25.7 Å². The zero-order valence-corrected chi connectivity index (χ0v) is 12.3. The molecule has 1 aromatic carbocycles. The van der Waals surface area contributed by atoms with Gasteiger partial charge in [-0.25, -0.2) is 9.78 Å². The summed E-state index contributed by atoms with van der Waals surface area (Å²) >= 11 is 6.18. The van der Waals surface area contributed by atoms with E-state index in [-0.39, 0.29) is 12.3 Å². The Labute approximate surface area is 127 Å². The Morgan fingerprint density at radius 2 is 2.10 bits per heavy atom. The lowest BCUT2D eigenvalue weighted by Gasteiger charge is -2.09. The summed E-state index contributed by atoms with van der Waals surface area (Å²) in [6, 6.07) is 7.16. The quantitative estimate of drug-likeness (QED) is 0.811. The van der Waals surface area contributed by atoms with Gasteiger partial charge in [0.2, 0.25) is 0 Å². The van der Waals surface area contributed by atoms with Crippen molar-refractivity contribution >= 4 is 17.6 Å². The fraction of sp³-hybridized carbons (Fsp3) is 0.333. The molecule has 1 fully saturated rings. The highest BCUT2D eigenvalue weighted by Gasteiger charge is 2.30. The van der Waals surface area contributed by atoms with E-state index in [4.69, 9.17) is 16.3 Å². The molecule has 2 aromatic rings. The van der Waals surface area contributed by atoms with E-state index in [0.29, 0.717) is 28.0 Å². The Morgan fingerprint density at radius 1 is 1.33 bits per heavy atom. The molecule has 1 aliphatic rings. The van der Waals surface area contributed by atoms with Crippen LogP contribution in [0.2, 0.25) is 5.02 Å². The van der Waals surface area contributed by atoms with Crippen molar-refractivity contribution in [3.63, 3.8) is 0 Å². The van der Waals surface area contributed by atoms with Crippen molar-refractivity contribution in [1.29, 1.82) is 0 Å². The van der Waals surface area contributed by atoms with Gasteiger partial charge in [-0.05, 0) is 25.8 Å². The number of esters is 1. The molecule has 0 spiro atoms. The molecule has 0 N–H and O–H groups in total. The first-order valence-electron chi connectivity index (χ1n) is 6.87. The van der Waals surface area contributed by atoms with E-state index < -0.39 is 5.97 Å². The first-order valence-corrected chi connectivity index (χ1v) is 7.25. The number of benzene rings is 1. The third kappa shape index (κ3) is 2.88. The van der Waals surface area contributed by atoms with E-state index in [2.05, 4.69) is 15.2 Å². The maximum Gasteiger partial charge on any atom is 0.359 e.